The number of ether oxygens (including phenoxy) is 2. The lowest BCUT2D eigenvalue weighted by molar-refractivity contribution is -0.123. The topological polar surface area (TPSA) is 113 Å². The van der Waals surface area contributed by atoms with Gasteiger partial charge in [-0.05, 0) is 30.3 Å². The lowest BCUT2D eigenvalue weighted by atomic mass is 10.1. The van der Waals surface area contributed by atoms with Crippen molar-refractivity contribution in [3.8, 4) is 11.5 Å². The van der Waals surface area contributed by atoms with Gasteiger partial charge in [0.15, 0.2) is 23.6 Å². The van der Waals surface area contributed by atoms with Crippen LogP contribution in [0.25, 0.3) is 0 Å². The van der Waals surface area contributed by atoms with Crippen molar-refractivity contribution in [1.29, 1.82) is 0 Å². The number of nitrogens with one attached hydrogen (secondary N) is 1. The molecule has 2 aromatic carbocycles. The summed E-state index contributed by atoms with van der Waals surface area (Å²) in [6, 6.07) is 6.16. The molecule has 12 heteroatoms. The second kappa shape index (κ2) is 8.42. The van der Waals surface area contributed by atoms with E-state index in [1.807, 2.05) is 0 Å². The Kier molecular flexibility index (Phi) is 5.66. The first kappa shape index (κ1) is 21.5. The molecule has 10 nitrogen and oxygen atoms in total. The van der Waals surface area contributed by atoms with Crippen molar-refractivity contribution in [3.63, 3.8) is 0 Å². The molecular weight excluding hydrogens is 445 g/mol. The van der Waals surface area contributed by atoms with Crippen LogP contribution in [0, 0.1) is 5.82 Å². The van der Waals surface area contributed by atoms with Gasteiger partial charge in [-0.3, -0.25) is 19.4 Å². The molecule has 2 aliphatic heterocycles. The first-order valence-corrected chi connectivity index (χ1v) is 9.74. The van der Waals surface area contributed by atoms with E-state index < -0.39 is 35.6 Å². The molecule has 2 heterocycles. The lowest BCUT2D eigenvalue weighted by Crippen LogP contribution is -2.43. The fourth-order valence-corrected chi connectivity index (χ4v) is 3.67. The summed E-state index contributed by atoms with van der Waals surface area (Å²) in [5, 5.41) is 11.3. The molecule has 1 N–H and O–H groups in total. The molecule has 2 atom stereocenters. The normalized spacial score (nSPS) is 19.4. The standard InChI is InChI=1S/C20H17ClFN5O5/c1-31-14-6-3-10(7-15(14)32-2)23-16(28)9-26-18-17(24-25-26)19(29)27(20(18)30)11-4-5-13(22)12(21)8-11/h3-8,17-18H,9H2,1-2H3,(H,23,28)/t17-,18-/m0/s1. The Labute approximate surface area is 186 Å². The van der Waals surface area contributed by atoms with Crippen LogP contribution in [0.5, 0.6) is 11.5 Å². The van der Waals surface area contributed by atoms with E-state index in [-0.39, 0.29) is 17.3 Å². The number of methoxy groups -OCH3 is 2. The van der Waals surface area contributed by atoms with Crippen LogP contribution < -0.4 is 19.7 Å². The highest BCUT2D eigenvalue weighted by Crippen LogP contribution is 2.34. The van der Waals surface area contributed by atoms with E-state index in [1.54, 1.807) is 18.2 Å². The van der Waals surface area contributed by atoms with Crippen LogP contribution in [0.2, 0.25) is 5.02 Å². The molecule has 2 aliphatic rings. The van der Waals surface area contributed by atoms with E-state index in [4.69, 9.17) is 21.1 Å². The van der Waals surface area contributed by atoms with E-state index in [9.17, 15) is 18.8 Å². The summed E-state index contributed by atoms with van der Waals surface area (Å²) in [5.41, 5.74) is 0.558. The Hall–Kier alpha value is -3.73. The number of hydrogen-bond acceptors (Lipinski definition) is 8. The number of halogens is 2. The van der Waals surface area contributed by atoms with Crippen molar-refractivity contribution in [2.45, 2.75) is 12.1 Å². The number of carbonyl (C=O) groups excluding carboxylic acids is 3. The maximum atomic E-state index is 13.5. The summed E-state index contributed by atoms with van der Waals surface area (Å²) in [5.74, 6) is -1.50. The number of imide groups is 1. The van der Waals surface area contributed by atoms with Gasteiger partial charge in [-0.1, -0.05) is 16.8 Å². The third-order valence-electron chi connectivity index (χ3n) is 4.99. The molecular formula is C20H17ClFN5O5. The number of hydrogen-bond donors (Lipinski definition) is 1. The van der Waals surface area contributed by atoms with E-state index in [0.717, 1.165) is 16.0 Å². The van der Waals surface area contributed by atoms with Gasteiger partial charge in [0, 0.05) is 11.8 Å². The van der Waals surface area contributed by atoms with Crippen LogP contribution in [0.3, 0.4) is 0 Å². The average Bonchev–Trinajstić information content (AvgIpc) is 3.29. The highest BCUT2D eigenvalue weighted by molar-refractivity contribution is 6.32. The van der Waals surface area contributed by atoms with E-state index in [0.29, 0.717) is 17.2 Å². The van der Waals surface area contributed by atoms with Crippen molar-refractivity contribution >= 4 is 40.7 Å². The molecule has 3 amide bonds. The van der Waals surface area contributed by atoms with Gasteiger partial charge in [-0.2, -0.15) is 5.11 Å². The number of benzene rings is 2. The molecule has 1 fully saturated rings. The third-order valence-corrected chi connectivity index (χ3v) is 5.28. The molecule has 2 aromatic rings. The summed E-state index contributed by atoms with van der Waals surface area (Å²) >= 11 is 5.78. The minimum atomic E-state index is -1.10. The Morgan fingerprint density at radius 1 is 1.12 bits per heavy atom. The molecule has 0 aliphatic carbocycles. The Morgan fingerprint density at radius 2 is 1.88 bits per heavy atom. The van der Waals surface area contributed by atoms with Crippen molar-refractivity contribution in [3.05, 3.63) is 47.2 Å². The number of anilines is 2. The molecule has 0 radical (unpaired) electrons. The Morgan fingerprint density at radius 3 is 2.56 bits per heavy atom. The smallest absolute Gasteiger partial charge is 0.263 e. The van der Waals surface area contributed by atoms with Gasteiger partial charge < -0.3 is 14.8 Å². The zero-order valence-electron chi connectivity index (χ0n) is 16.9. The third kappa shape index (κ3) is 3.71. The van der Waals surface area contributed by atoms with Crippen molar-refractivity contribution < 1.29 is 28.2 Å². The molecule has 0 spiro atoms. The van der Waals surface area contributed by atoms with Crippen LogP contribution in [0.1, 0.15) is 0 Å². The molecule has 1 saturated heterocycles. The maximum absolute atomic E-state index is 13.5. The highest BCUT2D eigenvalue weighted by atomic mass is 35.5. The van der Waals surface area contributed by atoms with E-state index in [1.165, 1.54) is 26.4 Å². The van der Waals surface area contributed by atoms with E-state index >= 15 is 0 Å². The fraction of sp³-hybridized carbons (Fsp3) is 0.250. The summed E-state index contributed by atoms with van der Waals surface area (Å²) in [7, 11) is 2.96. The number of carbonyl (C=O) groups is 3. The van der Waals surface area contributed by atoms with E-state index in [2.05, 4.69) is 15.7 Å². The van der Waals surface area contributed by atoms with Gasteiger partial charge >= 0.3 is 0 Å². The van der Waals surface area contributed by atoms with Gasteiger partial charge in [-0.15, -0.1) is 0 Å². The second-order valence-corrected chi connectivity index (χ2v) is 7.33. The van der Waals surface area contributed by atoms with Gasteiger partial charge in [0.1, 0.15) is 12.4 Å². The monoisotopic (exact) mass is 461 g/mol. The summed E-state index contributed by atoms with van der Waals surface area (Å²) in [6.07, 6.45) is 0. The zero-order chi connectivity index (χ0) is 23.0. The van der Waals surface area contributed by atoms with Gasteiger partial charge in [0.25, 0.3) is 11.8 Å². The summed E-state index contributed by atoms with van der Waals surface area (Å²) in [4.78, 5) is 39.1. The van der Waals surface area contributed by atoms with Crippen LogP contribution in [-0.2, 0) is 14.4 Å². The van der Waals surface area contributed by atoms with Crippen LogP contribution in [0.15, 0.2) is 46.7 Å². The van der Waals surface area contributed by atoms with Crippen molar-refractivity contribution in [2.24, 2.45) is 10.3 Å². The fourth-order valence-electron chi connectivity index (χ4n) is 3.49. The van der Waals surface area contributed by atoms with Crippen LogP contribution in [0.4, 0.5) is 15.8 Å². The minimum Gasteiger partial charge on any atom is -0.493 e. The molecule has 0 saturated carbocycles. The molecule has 0 aromatic heterocycles. The van der Waals surface area contributed by atoms with Crippen molar-refractivity contribution in [2.75, 3.05) is 31.0 Å². The predicted octanol–water partition coefficient (Wildman–Crippen LogP) is 2.43. The number of nitrogens with zero attached hydrogens (tertiary/aromatic N) is 4. The maximum Gasteiger partial charge on any atom is 0.263 e. The summed E-state index contributed by atoms with van der Waals surface area (Å²) in [6.45, 7) is -0.323. The van der Waals surface area contributed by atoms with Gasteiger partial charge in [-0.25, -0.2) is 9.29 Å². The number of rotatable bonds is 6. The first-order chi connectivity index (χ1) is 15.3. The molecule has 166 valence electrons. The Bertz CT molecular complexity index is 1140. The first-order valence-electron chi connectivity index (χ1n) is 9.36. The number of amides is 3. The summed E-state index contributed by atoms with van der Waals surface area (Å²) < 4.78 is 23.8. The largest absolute Gasteiger partial charge is 0.493 e. The molecule has 4 rings (SSSR count). The molecule has 32 heavy (non-hydrogen) atoms. The van der Waals surface area contributed by atoms with Crippen LogP contribution in [-0.4, -0.2) is 55.6 Å². The predicted molar refractivity (Wildman–Crippen MR) is 111 cm³/mol. The zero-order valence-corrected chi connectivity index (χ0v) is 17.7. The van der Waals surface area contributed by atoms with Crippen molar-refractivity contribution in [1.82, 2.24) is 5.01 Å². The highest BCUT2D eigenvalue weighted by Gasteiger charge is 2.55. The quantitative estimate of drug-likeness (QED) is 0.661. The Balaban J connectivity index is 1.48. The molecule has 0 bridgehead atoms. The lowest BCUT2D eigenvalue weighted by Gasteiger charge is -2.20. The number of fused-ring (bicyclic) bond motifs is 1. The van der Waals surface area contributed by atoms with Gasteiger partial charge in [0.2, 0.25) is 5.91 Å². The van der Waals surface area contributed by atoms with Gasteiger partial charge in [0.05, 0.1) is 24.9 Å². The minimum absolute atomic E-state index is 0.116. The molecule has 0 unspecified atom stereocenters. The average molecular weight is 462 g/mol. The van der Waals surface area contributed by atoms with Crippen LogP contribution >= 0.6 is 11.6 Å². The second-order valence-electron chi connectivity index (χ2n) is 6.92. The SMILES string of the molecule is COc1ccc(NC(=O)CN2N=N[C@@H]3C(=O)N(c4ccc(F)c(Cl)c4)C(=O)[C@H]32)cc1OC.